The molecule has 0 radical (unpaired) electrons. The second kappa shape index (κ2) is 12.9. The fourth-order valence-corrected chi connectivity index (χ4v) is 5.83. The van der Waals surface area contributed by atoms with Crippen LogP contribution in [0.3, 0.4) is 0 Å². The molecule has 1 amide bonds. The lowest BCUT2D eigenvalue weighted by Gasteiger charge is -2.22. The van der Waals surface area contributed by atoms with E-state index in [9.17, 15) is 4.79 Å². The van der Waals surface area contributed by atoms with Crippen molar-refractivity contribution < 1.29 is 4.79 Å². The summed E-state index contributed by atoms with van der Waals surface area (Å²) >= 11 is 7.27. The lowest BCUT2D eigenvalue weighted by atomic mass is 9.83. The summed E-state index contributed by atoms with van der Waals surface area (Å²) in [6.07, 6.45) is 13.6. The zero-order chi connectivity index (χ0) is 23.8. The molecule has 4 heteroatoms. The van der Waals surface area contributed by atoms with Gasteiger partial charge < -0.3 is 5.73 Å². The summed E-state index contributed by atoms with van der Waals surface area (Å²) in [5, 5.41) is 4.38. The molecule has 0 aromatic heterocycles. The highest BCUT2D eigenvalue weighted by Gasteiger charge is 2.21. The quantitative estimate of drug-likeness (QED) is 0.160. The molecule has 0 spiro atoms. The van der Waals surface area contributed by atoms with Crippen LogP contribution in [-0.4, -0.2) is 5.91 Å². The summed E-state index contributed by atoms with van der Waals surface area (Å²) in [6.45, 7) is 4.52. The Bertz CT molecular complexity index is 1080. The summed E-state index contributed by atoms with van der Waals surface area (Å²) in [6, 6.07) is 12.6. The van der Waals surface area contributed by atoms with Crippen LogP contribution in [0.1, 0.15) is 94.0 Å². The minimum atomic E-state index is -0.328. The van der Waals surface area contributed by atoms with Crippen molar-refractivity contribution in [3.63, 3.8) is 0 Å². The summed E-state index contributed by atoms with van der Waals surface area (Å²) in [4.78, 5) is 12.9. The van der Waals surface area contributed by atoms with Gasteiger partial charge in [0.1, 0.15) is 0 Å². The maximum absolute atomic E-state index is 12.9. The molecule has 3 rings (SSSR count). The van der Waals surface area contributed by atoms with Gasteiger partial charge in [-0.1, -0.05) is 122 Å². The molecular formula is C29H37Br2NO. The SMILES string of the molecule is CCCCCCC(CCCCCC)Cc1c(C(N)=O)c2cc(Br)ccc2c2ccc(Br)cc12. The number of amides is 1. The van der Waals surface area contributed by atoms with Gasteiger partial charge in [0, 0.05) is 8.95 Å². The Kier molecular flexibility index (Phi) is 10.2. The van der Waals surface area contributed by atoms with Gasteiger partial charge in [-0.25, -0.2) is 0 Å². The van der Waals surface area contributed by atoms with Crippen molar-refractivity contribution >= 4 is 59.3 Å². The first-order valence-electron chi connectivity index (χ1n) is 12.6. The van der Waals surface area contributed by atoms with Crippen molar-refractivity contribution in [3.8, 4) is 0 Å². The molecule has 33 heavy (non-hydrogen) atoms. The van der Waals surface area contributed by atoms with E-state index >= 15 is 0 Å². The number of nitrogens with two attached hydrogens (primary N) is 1. The van der Waals surface area contributed by atoms with Crippen LogP contribution in [0.2, 0.25) is 0 Å². The van der Waals surface area contributed by atoms with Crippen LogP contribution in [0.15, 0.2) is 45.3 Å². The molecule has 0 aliphatic heterocycles. The van der Waals surface area contributed by atoms with E-state index in [-0.39, 0.29) is 5.91 Å². The van der Waals surface area contributed by atoms with Crippen LogP contribution in [0.5, 0.6) is 0 Å². The molecule has 3 aromatic rings. The first kappa shape index (κ1) is 26.2. The average molecular weight is 575 g/mol. The highest BCUT2D eigenvalue weighted by atomic mass is 79.9. The van der Waals surface area contributed by atoms with Crippen molar-refractivity contribution in [2.75, 3.05) is 0 Å². The number of fused-ring (bicyclic) bond motifs is 3. The molecule has 0 aliphatic carbocycles. The van der Waals surface area contributed by atoms with E-state index in [0.717, 1.165) is 37.1 Å². The molecular weight excluding hydrogens is 538 g/mol. The highest BCUT2D eigenvalue weighted by molar-refractivity contribution is 9.10. The number of primary amides is 1. The van der Waals surface area contributed by atoms with Crippen molar-refractivity contribution in [1.29, 1.82) is 0 Å². The zero-order valence-corrected chi connectivity index (χ0v) is 23.2. The van der Waals surface area contributed by atoms with E-state index < -0.39 is 0 Å². The second-order valence-electron chi connectivity index (χ2n) is 9.37. The molecule has 2 N–H and O–H groups in total. The maximum atomic E-state index is 12.9. The Hall–Kier alpha value is -1.39. The molecule has 0 unspecified atom stereocenters. The molecule has 0 atom stereocenters. The van der Waals surface area contributed by atoms with Gasteiger partial charge >= 0.3 is 0 Å². The third kappa shape index (κ3) is 6.82. The normalized spacial score (nSPS) is 11.7. The molecule has 0 saturated carbocycles. The third-order valence-corrected chi connectivity index (χ3v) is 7.81. The van der Waals surface area contributed by atoms with Crippen LogP contribution in [0.4, 0.5) is 0 Å². The van der Waals surface area contributed by atoms with E-state index in [0.29, 0.717) is 11.5 Å². The van der Waals surface area contributed by atoms with Gasteiger partial charge in [-0.05, 0) is 63.7 Å². The topological polar surface area (TPSA) is 43.1 Å². The predicted molar refractivity (Wildman–Crippen MR) is 150 cm³/mol. The van der Waals surface area contributed by atoms with Crippen LogP contribution < -0.4 is 5.73 Å². The number of unbranched alkanes of at least 4 members (excludes halogenated alkanes) is 6. The summed E-state index contributed by atoms with van der Waals surface area (Å²) < 4.78 is 2.00. The highest BCUT2D eigenvalue weighted by Crippen LogP contribution is 2.38. The first-order valence-corrected chi connectivity index (χ1v) is 14.2. The predicted octanol–water partition coefficient (Wildman–Crippen LogP) is 9.72. The number of carbonyl (C=O) groups is 1. The smallest absolute Gasteiger partial charge is 0.249 e. The molecule has 178 valence electrons. The lowest BCUT2D eigenvalue weighted by molar-refractivity contribution is 0.100. The molecule has 0 fully saturated rings. The monoisotopic (exact) mass is 573 g/mol. The second-order valence-corrected chi connectivity index (χ2v) is 11.2. The summed E-state index contributed by atoms with van der Waals surface area (Å²) in [7, 11) is 0. The Labute approximate surface area is 216 Å². The van der Waals surface area contributed by atoms with Crippen LogP contribution in [0.25, 0.3) is 21.5 Å². The maximum Gasteiger partial charge on any atom is 0.249 e. The summed E-state index contributed by atoms with van der Waals surface area (Å²) in [5.74, 6) is 0.245. The Morgan fingerprint density at radius 1 is 0.758 bits per heavy atom. The molecule has 0 bridgehead atoms. The first-order chi connectivity index (χ1) is 16.0. The Morgan fingerprint density at radius 2 is 1.27 bits per heavy atom. The van der Waals surface area contributed by atoms with Gasteiger partial charge in [0.2, 0.25) is 5.91 Å². The van der Waals surface area contributed by atoms with Crippen LogP contribution in [0, 0.1) is 5.92 Å². The zero-order valence-electron chi connectivity index (χ0n) is 20.1. The average Bonchev–Trinajstić information content (AvgIpc) is 2.78. The number of halogens is 2. The van der Waals surface area contributed by atoms with Gasteiger partial charge in [-0.3, -0.25) is 4.79 Å². The van der Waals surface area contributed by atoms with Crippen molar-refractivity contribution in [2.24, 2.45) is 11.7 Å². The standard InChI is InChI=1S/C29H37Br2NO/c1-3-5-7-9-11-20(12-10-8-6-4-2)17-26-25-18-21(30)13-15-23(25)24-16-14-22(31)19-27(24)28(26)29(32)33/h13-16,18-20H,3-12,17H2,1-2H3,(H2,32,33). The minimum Gasteiger partial charge on any atom is -0.366 e. The van der Waals surface area contributed by atoms with E-state index in [2.05, 4.69) is 76.0 Å². The van der Waals surface area contributed by atoms with Crippen molar-refractivity contribution in [2.45, 2.75) is 84.5 Å². The molecule has 0 aliphatic rings. The van der Waals surface area contributed by atoms with Crippen molar-refractivity contribution in [3.05, 3.63) is 56.5 Å². The number of hydrogen-bond donors (Lipinski definition) is 1. The fourth-order valence-electron chi connectivity index (χ4n) is 5.11. The lowest BCUT2D eigenvalue weighted by Crippen LogP contribution is -2.17. The van der Waals surface area contributed by atoms with E-state index in [1.54, 1.807) is 0 Å². The van der Waals surface area contributed by atoms with Crippen LogP contribution >= 0.6 is 31.9 Å². The Morgan fingerprint density at radius 3 is 1.79 bits per heavy atom. The summed E-state index contributed by atoms with van der Waals surface area (Å²) in [5.41, 5.74) is 7.87. The van der Waals surface area contributed by atoms with Gasteiger partial charge in [0.15, 0.2) is 0 Å². The van der Waals surface area contributed by atoms with E-state index in [4.69, 9.17) is 5.73 Å². The molecule has 2 nitrogen and oxygen atoms in total. The van der Waals surface area contributed by atoms with E-state index in [1.165, 1.54) is 69.6 Å². The van der Waals surface area contributed by atoms with Crippen molar-refractivity contribution in [1.82, 2.24) is 0 Å². The fraction of sp³-hybridized carbons (Fsp3) is 0.483. The largest absolute Gasteiger partial charge is 0.366 e. The number of hydrogen-bond acceptors (Lipinski definition) is 1. The Balaban J connectivity index is 2.08. The molecule has 0 saturated heterocycles. The van der Waals surface area contributed by atoms with Gasteiger partial charge in [-0.2, -0.15) is 0 Å². The number of rotatable bonds is 13. The number of carbonyl (C=O) groups excluding carboxylic acids is 1. The van der Waals surface area contributed by atoms with Crippen LogP contribution in [-0.2, 0) is 6.42 Å². The number of benzene rings is 3. The van der Waals surface area contributed by atoms with Gasteiger partial charge in [-0.15, -0.1) is 0 Å². The van der Waals surface area contributed by atoms with Gasteiger partial charge in [0.25, 0.3) is 0 Å². The molecule has 0 heterocycles. The third-order valence-electron chi connectivity index (χ3n) is 6.82. The molecule has 3 aromatic carbocycles. The minimum absolute atomic E-state index is 0.328. The van der Waals surface area contributed by atoms with E-state index in [1.807, 2.05) is 6.07 Å². The van der Waals surface area contributed by atoms with Gasteiger partial charge in [0.05, 0.1) is 5.56 Å².